The highest BCUT2D eigenvalue weighted by molar-refractivity contribution is 8.15. The van der Waals surface area contributed by atoms with Crippen LogP contribution in [0.1, 0.15) is 5.56 Å². The van der Waals surface area contributed by atoms with Gasteiger partial charge in [-0.2, -0.15) is 5.10 Å². The summed E-state index contributed by atoms with van der Waals surface area (Å²) >= 11 is 1.30. The fraction of sp³-hybridized carbons (Fsp3) is 0.278. The number of para-hydroxylation sites is 1. The third-order valence-electron chi connectivity index (χ3n) is 3.94. The number of hydrogen-bond donors (Lipinski definition) is 4. The van der Waals surface area contributed by atoms with Crippen LogP contribution < -0.4 is 5.01 Å². The standard InChI is InChI=1S/C18H20N2O4S/c21-11-14(22)15(23)16(24)18-20(13-9-5-2-6-10-13)19-17(25-18)12-7-3-1-4-8-12/h1-10,14-16,18,21-24H,11H2/t14-,15-,16-,18-/m1/s1. The van der Waals surface area contributed by atoms with E-state index in [0.29, 0.717) is 5.04 Å². The summed E-state index contributed by atoms with van der Waals surface area (Å²) in [5, 5.41) is 45.7. The molecule has 1 heterocycles. The summed E-state index contributed by atoms with van der Waals surface area (Å²) in [6.07, 6.45) is -4.22. The van der Waals surface area contributed by atoms with Gasteiger partial charge >= 0.3 is 0 Å². The molecular formula is C18H20N2O4S. The zero-order valence-corrected chi connectivity index (χ0v) is 14.2. The number of nitrogens with zero attached hydrogens (tertiary/aromatic N) is 2. The van der Waals surface area contributed by atoms with Gasteiger partial charge in [-0.3, -0.25) is 0 Å². The van der Waals surface area contributed by atoms with Gasteiger partial charge in [-0.05, 0) is 12.1 Å². The summed E-state index contributed by atoms with van der Waals surface area (Å²) in [5.74, 6) is 0. The van der Waals surface area contributed by atoms with Crippen molar-refractivity contribution in [3.63, 3.8) is 0 Å². The number of aliphatic hydroxyl groups excluding tert-OH is 4. The smallest absolute Gasteiger partial charge is 0.132 e. The van der Waals surface area contributed by atoms with Crippen LogP contribution in [0.5, 0.6) is 0 Å². The summed E-state index contributed by atoms with van der Waals surface area (Å²) in [6.45, 7) is -0.632. The summed E-state index contributed by atoms with van der Waals surface area (Å²) < 4.78 is 0. The number of thioether (sulfide) groups is 1. The monoisotopic (exact) mass is 360 g/mol. The first-order valence-electron chi connectivity index (χ1n) is 7.92. The fourth-order valence-electron chi connectivity index (χ4n) is 2.55. The maximum Gasteiger partial charge on any atom is 0.132 e. The molecule has 4 atom stereocenters. The maximum atomic E-state index is 10.6. The molecule has 6 nitrogen and oxygen atoms in total. The Morgan fingerprint density at radius 1 is 0.960 bits per heavy atom. The summed E-state index contributed by atoms with van der Waals surface area (Å²) in [4.78, 5) is 0. The van der Waals surface area contributed by atoms with Crippen LogP contribution in [-0.2, 0) is 0 Å². The van der Waals surface area contributed by atoms with Crippen molar-refractivity contribution in [3.8, 4) is 0 Å². The van der Waals surface area contributed by atoms with Gasteiger partial charge in [-0.1, -0.05) is 60.3 Å². The molecule has 0 radical (unpaired) electrons. The molecule has 4 N–H and O–H groups in total. The Hall–Kier alpha value is -1.90. The van der Waals surface area contributed by atoms with E-state index in [9.17, 15) is 15.3 Å². The largest absolute Gasteiger partial charge is 0.394 e. The topological polar surface area (TPSA) is 96.5 Å². The molecule has 2 aromatic carbocycles. The highest BCUT2D eigenvalue weighted by Gasteiger charge is 2.40. The lowest BCUT2D eigenvalue weighted by atomic mass is 10.1. The van der Waals surface area contributed by atoms with Gasteiger partial charge in [-0.15, -0.1) is 0 Å². The van der Waals surface area contributed by atoms with Crippen LogP contribution in [0.15, 0.2) is 65.8 Å². The van der Waals surface area contributed by atoms with E-state index < -0.39 is 30.3 Å². The minimum Gasteiger partial charge on any atom is -0.394 e. The van der Waals surface area contributed by atoms with Gasteiger partial charge < -0.3 is 20.4 Å². The zero-order valence-electron chi connectivity index (χ0n) is 13.4. The van der Waals surface area contributed by atoms with E-state index in [-0.39, 0.29) is 0 Å². The molecule has 0 fully saturated rings. The quantitative estimate of drug-likeness (QED) is 0.614. The molecule has 25 heavy (non-hydrogen) atoms. The number of anilines is 1. The molecule has 0 amide bonds. The molecule has 3 rings (SSSR count). The molecule has 7 heteroatoms. The third kappa shape index (κ3) is 3.86. The van der Waals surface area contributed by atoms with Crippen molar-refractivity contribution in [3.05, 3.63) is 66.2 Å². The van der Waals surface area contributed by atoms with Crippen LogP contribution in [0.25, 0.3) is 0 Å². The van der Waals surface area contributed by atoms with Gasteiger partial charge in [0.1, 0.15) is 28.7 Å². The fourth-order valence-corrected chi connectivity index (χ4v) is 3.76. The first-order valence-corrected chi connectivity index (χ1v) is 8.80. The molecule has 0 saturated heterocycles. The molecule has 132 valence electrons. The van der Waals surface area contributed by atoms with Gasteiger partial charge in [0.25, 0.3) is 0 Å². The maximum absolute atomic E-state index is 10.6. The molecule has 1 aliphatic rings. The Balaban J connectivity index is 1.92. The van der Waals surface area contributed by atoms with Crippen LogP contribution >= 0.6 is 11.8 Å². The summed E-state index contributed by atoms with van der Waals surface area (Å²) in [5.41, 5.74) is 1.66. The Morgan fingerprint density at radius 3 is 2.16 bits per heavy atom. The van der Waals surface area contributed by atoms with Crippen molar-refractivity contribution in [2.45, 2.75) is 23.7 Å². The first-order chi connectivity index (χ1) is 12.1. The van der Waals surface area contributed by atoms with Crippen LogP contribution in [-0.4, -0.2) is 55.8 Å². The van der Waals surface area contributed by atoms with Gasteiger partial charge in [0.15, 0.2) is 0 Å². The lowest BCUT2D eigenvalue weighted by Crippen LogP contribution is -2.49. The SMILES string of the molecule is OC[C@@H](O)[C@@H](O)[C@@H](O)[C@H]1SC(c2ccccc2)=NN1c1ccccc1. The van der Waals surface area contributed by atoms with E-state index in [2.05, 4.69) is 5.10 Å². The second-order valence-electron chi connectivity index (χ2n) is 5.69. The van der Waals surface area contributed by atoms with Crippen LogP contribution in [0.3, 0.4) is 0 Å². The van der Waals surface area contributed by atoms with Crippen molar-refractivity contribution in [2.24, 2.45) is 5.10 Å². The Labute approximate surface area is 150 Å². The summed E-state index contributed by atoms with van der Waals surface area (Å²) in [6, 6.07) is 18.9. The van der Waals surface area contributed by atoms with E-state index in [0.717, 1.165) is 11.3 Å². The average Bonchev–Trinajstić information content (AvgIpc) is 3.13. The minimum atomic E-state index is -1.49. The molecule has 0 aromatic heterocycles. The second-order valence-corrected chi connectivity index (χ2v) is 6.80. The first kappa shape index (κ1) is 17.9. The molecule has 0 saturated carbocycles. The predicted molar refractivity (Wildman–Crippen MR) is 98.4 cm³/mol. The lowest BCUT2D eigenvalue weighted by molar-refractivity contribution is -0.0759. The summed E-state index contributed by atoms with van der Waals surface area (Å²) in [7, 11) is 0. The van der Waals surface area contributed by atoms with Gasteiger partial charge in [0.05, 0.1) is 12.3 Å². The van der Waals surface area contributed by atoms with Gasteiger partial charge in [0.2, 0.25) is 0 Å². The van der Waals surface area contributed by atoms with Crippen LogP contribution in [0, 0.1) is 0 Å². The molecular weight excluding hydrogens is 340 g/mol. The van der Waals surface area contributed by atoms with Crippen molar-refractivity contribution in [1.29, 1.82) is 0 Å². The number of hydrogen-bond acceptors (Lipinski definition) is 7. The predicted octanol–water partition coefficient (Wildman–Crippen LogP) is 1.00. The van der Waals surface area contributed by atoms with Crippen molar-refractivity contribution >= 4 is 22.5 Å². The van der Waals surface area contributed by atoms with E-state index in [1.165, 1.54) is 11.8 Å². The number of rotatable bonds is 6. The second kappa shape index (κ2) is 7.99. The average molecular weight is 360 g/mol. The molecule has 0 unspecified atom stereocenters. The minimum absolute atomic E-state index is 0.631. The van der Waals surface area contributed by atoms with Gasteiger partial charge in [0, 0.05) is 5.56 Å². The Morgan fingerprint density at radius 2 is 1.56 bits per heavy atom. The highest BCUT2D eigenvalue weighted by Crippen LogP contribution is 2.36. The van der Waals surface area contributed by atoms with E-state index in [1.807, 2.05) is 60.7 Å². The van der Waals surface area contributed by atoms with E-state index in [1.54, 1.807) is 5.01 Å². The molecule has 2 aromatic rings. The molecule has 0 aliphatic carbocycles. The number of benzene rings is 2. The van der Waals surface area contributed by atoms with E-state index >= 15 is 0 Å². The lowest BCUT2D eigenvalue weighted by Gasteiger charge is -2.31. The van der Waals surface area contributed by atoms with Crippen LogP contribution in [0.2, 0.25) is 0 Å². The Kier molecular flexibility index (Phi) is 5.72. The number of aliphatic hydroxyl groups is 4. The molecule has 0 spiro atoms. The van der Waals surface area contributed by atoms with Crippen molar-refractivity contribution in [1.82, 2.24) is 0 Å². The van der Waals surface area contributed by atoms with Crippen LogP contribution in [0.4, 0.5) is 5.69 Å². The third-order valence-corrected chi connectivity index (χ3v) is 5.20. The van der Waals surface area contributed by atoms with Gasteiger partial charge in [-0.25, -0.2) is 5.01 Å². The molecule has 0 bridgehead atoms. The van der Waals surface area contributed by atoms with Crippen molar-refractivity contribution < 1.29 is 20.4 Å². The zero-order chi connectivity index (χ0) is 17.8. The normalized spacial score (nSPS) is 20.9. The Bertz CT molecular complexity index is 714. The number of hydrazone groups is 1. The highest BCUT2D eigenvalue weighted by atomic mass is 32.2. The van der Waals surface area contributed by atoms with E-state index in [4.69, 9.17) is 5.11 Å². The van der Waals surface area contributed by atoms with Crippen molar-refractivity contribution in [2.75, 3.05) is 11.6 Å². The molecule has 1 aliphatic heterocycles.